The fourth-order valence-corrected chi connectivity index (χ4v) is 4.06. The number of benzene rings is 3. The minimum Gasteiger partial charge on any atom is -0.497 e. The van der Waals surface area contributed by atoms with E-state index >= 15 is 0 Å². The molecule has 30 heavy (non-hydrogen) atoms. The maximum Gasteiger partial charge on any atom is 0.257 e. The molecule has 0 aliphatic carbocycles. The van der Waals surface area contributed by atoms with Gasteiger partial charge in [-0.15, -0.1) is 11.3 Å². The van der Waals surface area contributed by atoms with Crippen LogP contribution >= 0.6 is 23.6 Å². The number of carbonyl (C=O) groups excluding carboxylic acids is 1. The van der Waals surface area contributed by atoms with Crippen LogP contribution in [-0.4, -0.2) is 23.1 Å². The minimum atomic E-state index is -0.280. The highest BCUT2D eigenvalue weighted by atomic mass is 32.1. The first kappa shape index (κ1) is 20.0. The van der Waals surface area contributed by atoms with Gasteiger partial charge in [-0.2, -0.15) is 0 Å². The Morgan fingerprint density at radius 2 is 1.87 bits per heavy atom. The molecule has 0 saturated carbocycles. The zero-order chi connectivity index (χ0) is 20.9. The number of nitrogens with zero attached hydrogens (tertiary/aromatic N) is 1. The number of carbonyl (C=O) groups is 1. The average molecular weight is 434 g/mol. The molecule has 0 fully saturated rings. The van der Waals surface area contributed by atoms with Crippen LogP contribution in [0.5, 0.6) is 5.75 Å². The first-order valence-corrected chi connectivity index (χ1v) is 10.5. The van der Waals surface area contributed by atoms with Crippen LogP contribution in [0.2, 0.25) is 0 Å². The normalized spacial score (nSPS) is 10.6. The Morgan fingerprint density at radius 3 is 2.63 bits per heavy atom. The molecule has 0 bridgehead atoms. The molecule has 7 heteroatoms. The van der Waals surface area contributed by atoms with Crippen molar-refractivity contribution in [2.45, 2.75) is 6.54 Å². The Balaban J connectivity index is 1.34. The molecule has 1 aromatic heterocycles. The van der Waals surface area contributed by atoms with Crippen LogP contribution < -0.4 is 15.4 Å². The van der Waals surface area contributed by atoms with Crippen LogP contribution in [0.15, 0.2) is 72.8 Å². The fourth-order valence-electron chi connectivity index (χ4n) is 2.93. The highest BCUT2D eigenvalue weighted by Gasteiger charge is 2.09. The molecule has 0 radical (unpaired) electrons. The molecule has 0 aliphatic heterocycles. The lowest BCUT2D eigenvalue weighted by atomic mass is 10.1. The summed E-state index contributed by atoms with van der Waals surface area (Å²) >= 11 is 6.92. The van der Waals surface area contributed by atoms with Crippen molar-refractivity contribution >= 4 is 44.8 Å². The van der Waals surface area contributed by atoms with Crippen molar-refractivity contribution in [1.29, 1.82) is 0 Å². The van der Waals surface area contributed by atoms with E-state index in [0.717, 1.165) is 21.7 Å². The monoisotopic (exact) mass is 433 g/mol. The van der Waals surface area contributed by atoms with Gasteiger partial charge in [0.2, 0.25) is 0 Å². The molecule has 2 N–H and O–H groups in total. The van der Waals surface area contributed by atoms with Gasteiger partial charge in [-0.05, 0) is 48.1 Å². The first-order valence-electron chi connectivity index (χ1n) is 9.30. The molecule has 0 spiro atoms. The van der Waals surface area contributed by atoms with E-state index in [4.69, 9.17) is 17.0 Å². The average Bonchev–Trinajstić information content (AvgIpc) is 3.22. The largest absolute Gasteiger partial charge is 0.497 e. The quantitative estimate of drug-likeness (QED) is 0.444. The molecule has 5 nitrogen and oxygen atoms in total. The Kier molecular flexibility index (Phi) is 6.02. The number of para-hydroxylation sites is 1. The summed E-state index contributed by atoms with van der Waals surface area (Å²) in [5.41, 5.74) is 3.63. The van der Waals surface area contributed by atoms with Crippen molar-refractivity contribution < 1.29 is 9.53 Å². The Hall–Kier alpha value is -3.29. The number of thiazole rings is 1. The van der Waals surface area contributed by atoms with Crippen LogP contribution in [0.4, 0.5) is 0 Å². The molecular formula is C23H19N3O2S2. The van der Waals surface area contributed by atoms with Crippen LogP contribution in [-0.2, 0) is 6.54 Å². The van der Waals surface area contributed by atoms with Crippen LogP contribution in [0.25, 0.3) is 20.8 Å². The number of hydrogen-bond donors (Lipinski definition) is 2. The lowest BCUT2D eigenvalue weighted by molar-refractivity contribution is 0.0976. The molecule has 0 unspecified atom stereocenters. The second-order valence-corrected chi connectivity index (χ2v) is 7.99. The number of thiocarbonyl (C=S) groups is 1. The van der Waals surface area contributed by atoms with Gasteiger partial charge in [-0.3, -0.25) is 10.1 Å². The number of amides is 1. The summed E-state index contributed by atoms with van der Waals surface area (Å²) < 4.78 is 6.32. The highest BCUT2D eigenvalue weighted by molar-refractivity contribution is 7.80. The number of hydrogen-bond acceptors (Lipinski definition) is 5. The lowest BCUT2D eigenvalue weighted by Gasteiger charge is -2.10. The zero-order valence-electron chi connectivity index (χ0n) is 16.2. The Labute approximate surface area is 183 Å². The third-order valence-corrected chi connectivity index (χ3v) is 5.84. The summed E-state index contributed by atoms with van der Waals surface area (Å²) in [6.45, 7) is 0.511. The summed E-state index contributed by atoms with van der Waals surface area (Å²) in [7, 11) is 1.56. The lowest BCUT2D eigenvalue weighted by Crippen LogP contribution is -2.38. The first-order chi connectivity index (χ1) is 14.6. The van der Waals surface area contributed by atoms with E-state index in [1.165, 1.54) is 4.70 Å². The third-order valence-electron chi connectivity index (χ3n) is 4.51. The summed E-state index contributed by atoms with van der Waals surface area (Å²) in [5.74, 6) is 0.340. The van der Waals surface area contributed by atoms with Gasteiger partial charge in [0.25, 0.3) is 5.91 Å². The smallest absolute Gasteiger partial charge is 0.257 e. The van der Waals surface area contributed by atoms with Gasteiger partial charge in [-0.1, -0.05) is 42.5 Å². The van der Waals surface area contributed by atoms with Gasteiger partial charge >= 0.3 is 0 Å². The van der Waals surface area contributed by atoms with Crippen molar-refractivity contribution in [1.82, 2.24) is 15.6 Å². The van der Waals surface area contributed by atoms with Crippen molar-refractivity contribution in [2.24, 2.45) is 0 Å². The Bertz CT molecular complexity index is 1170. The summed E-state index contributed by atoms with van der Waals surface area (Å²) in [6, 6.07) is 23.2. The van der Waals surface area contributed by atoms with Gasteiger partial charge in [-0.25, -0.2) is 4.98 Å². The van der Waals surface area contributed by atoms with Crippen LogP contribution in [0.1, 0.15) is 15.9 Å². The molecule has 1 heterocycles. The zero-order valence-corrected chi connectivity index (χ0v) is 17.8. The third kappa shape index (κ3) is 4.64. The van der Waals surface area contributed by atoms with Gasteiger partial charge in [0.1, 0.15) is 10.8 Å². The molecule has 3 aromatic carbocycles. The maximum atomic E-state index is 12.3. The molecule has 1 amide bonds. The molecule has 150 valence electrons. The van der Waals surface area contributed by atoms with E-state index in [-0.39, 0.29) is 11.0 Å². The van der Waals surface area contributed by atoms with Crippen molar-refractivity contribution in [3.8, 4) is 16.3 Å². The number of methoxy groups -OCH3 is 1. The number of nitrogens with one attached hydrogen (secondary N) is 2. The van der Waals surface area contributed by atoms with Crippen LogP contribution in [0, 0.1) is 0 Å². The van der Waals surface area contributed by atoms with E-state index in [1.807, 2.05) is 42.5 Å². The summed E-state index contributed by atoms with van der Waals surface area (Å²) in [5, 5.41) is 7.02. The number of rotatable bonds is 5. The predicted octanol–water partition coefficient (Wildman–Crippen LogP) is 4.78. The van der Waals surface area contributed by atoms with Crippen LogP contribution in [0.3, 0.4) is 0 Å². The van der Waals surface area contributed by atoms with Gasteiger partial charge in [0.15, 0.2) is 5.11 Å². The number of aromatic nitrogens is 1. The summed E-state index contributed by atoms with van der Waals surface area (Å²) in [6.07, 6.45) is 0. The fraction of sp³-hybridized carbons (Fsp3) is 0.0870. The van der Waals surface area contributed by atoms with E-state index in [0.29, 0.717) is 17.9 Å². The number of fused-ring (bicyclic) bond motifs is 1. The van der Waals surface area contributed by atoms with Crippen molar-refractivity contribution in [3.05, 3.63) is 83.9 Å². The van der Waals surface area contributed by atoms with Gasteiger partial charge in [0, 0.05) is 17.7 Å². The molecule has 4 aromatic rings. The van der Waals surface area contributed by atoms with Gasteiger partial charge in [0.05, 0.1) is 17.3 Å². The van der Waals surface area contributed by atoms with E-state index < -0.39 is 0 Å². The number of ether oxygens (including phenoxy) is 1. The molecule has 0 aliphatic rings. The molecule has 4 rings (SSSR count). The van der Waals surface area contributed by atoms with E-state index in [2.05, 4.69) is 21.7 Å². The van der Waals surface area contributed by atoms with Gasteiger partial charge < -0.3 is 10.1 Å². The molecular weight excluding hydrogens is 414 g/mol. The predicted molar refractivity (Wildman–Crippen MR) is 125 cm³/mol. The van der Waals surface area contributed by atoms with Crippen molar-refractivity contribution in [2.75, 3.05) is 7.11 Å². The van der Waals surface area contributed by atoms with E-state index in [9.17, 15) is 4.79 Å². The highest BCUT2D eigenvalue weighted by Crippen LogP contribution is 2.29. The Morgan fingerprint density at radius 1 is 1.07 bits per heavy atom. The second-order valence-electron chi connectivity index (χ2n) is 6.55. The molecule has 0 atom stereocenters. The molecule has 0 saturated heterocycles. The second kappa shape index (κ2) is 9.02. The topological polar surface area (TPSA) is 63.2 Å². The van der Waals surface area contributed by atoms with E-state index in [1.54, 1.807) is 42.7 Å². The SMILES string of the molecule is COc1cccc(C(=O)NC(=S)NCc2ccc(-c3nc4ccccc4s3)cc2)c1. The maximum absolute atomic E-state index is 12.3. The van der Waals surface area contributed by atoms with Crippen molar-refractivity contribution in [3.63, 3.8) is 0 Å². The summed E-state index contributed by atoms with van der Waals surface area (Å²) in [4.78, 5) is 17.0. The minimum absolute atomic E-state index is 0.276. The standard InChI is InChI=1S/C23H19N3O2S2/c1-28-18-6-4-5-17(13-18)21(27)26-23(29)24-14-15-9-11-16(12-10-15)22-25-19-7-2-3-8-20(19)30-22/h2-13H,14H2,1H3,(H2,24,26,27,29).